The van der Waals surface area contributed by atoms with Crippen molar-refractivity contribution in [2.45, 2.75) is 65.3 Å². The predicted octanol–water partition coefficient (Wildman–Crippen LogP) is 3.61. The second kappa shape index (κ2) is 8.93. The molecule has 1 fully saturated rings. The molecule has 1 rings (SSSR count). The second-order valence-corrected chi connectivity index (χ2v) is 5.78. The van der Waals surface area contributed by atoms with E-state index in [2.05, 4.69) is 26.1 Å². The Bertz CT molecular complexity index is 174. The fourth-order valence-corrected chi connectivity index (χ4v) is 2.67. The maximum absolute atomic E-state index is 5.56. The van der Waals surface area contributed by atoms with Gasteiger partial charge in [-0.1, -0.05) is 27.2 Å². The molecule has 17 heavy (non-hydrogen) atoms. The standard InChI is InChI=1S/C15H31NO/c1-4-5-11-17-12-10-16-15-8-6-14(7-9-15)13(2)3/h13-16H,4-12H2,1-3H3. The summed E-state index contributed by atoms with van der Waals surface area (Å²) in [7, 11) is 0. The normalized spacial score (nSPS) is 25.4. The van der Waals surface area contributed by atoms with Gasteiger partial charge in [-0.15, -0.1) is 0 Å². The summed E-state index contributed by atoms with van der Waals surface area (Å²) in [4.78, 5) is 0. The molecule has 0 aromatic heterocycles. The average Bonchev–Trinajstić information content (AvgIpc) is 2.34. The Balaban J connectivity index is 1.95. The monoisotopic (exact) mass is 241 g/mol. The molecule has 0 atom stereocenters. The summed E-state index contributed by atoms with van der Waals surface area (Å²) in [6.07, 6.45) is 7.96. The van der Waals surface area contributed by atoms with E-state index in [0.717, 1.165) is 37.6 Å². The molecular weight excluding hydrogens is 210 g/mol. The zero-order chi connectivity index (χ0) is 12.5. The smallest absolute Gasteiger partial charge is 0.0590 e. The minimum absolute atomic E-state index is 0.750. The van der Waals surface area contributed by atoms with Crippen molar-refractivity contribution < 1.29 is 4.74 Å². The molecule has 0 unspecified atom stereocenters. The van der Waals surface area contributed by atoms with E-state index in [4.69, 9.17) is 4.74 Å². The van der Waals surface area contributed by atoms with Crippen LogP contribution in [-0.2, 0) is 4.74 Å². The summed E-state index contributed by atoms with van der Waals surface area (Å²) in [5.74, 6) is 1.84. The highest BCUT2D eigenvalue weighted by atomic mass is 16.5. The van der Waals surface area contributed by atoms with Crippen molar-refractivity contribution in [3.05, 3.63) is 0 Å². The SMILES string of the molecule is CCCCOCCNC1CCC(C(C)C)CC1. The molecule has 0 aromatic carbocycles. The second-order valence-electron chi connectivity index (χ2n) is 5.78. The summed E-state index contributed by atoms with van der Waals surface area (Å²) < 4.78 is 5.56. The minimum Gasteiger partial charge on any atom is -0.380 e. The van der Waals surface area contributed by atoms with Gasteiger partial charge < -0.3 is 10.1 Å². The number of nitrogens with one attached hydrogen (secondary N) is 1. The molecule has 0 radical (unpaired) electrons. The lowest BCUT2D eigenvalue weighted by Crippen LogP contribution is -2.36. The summed E-state index contributed by atoms with van der Waals surface area (Å²) in [6.45, 7) is 9.76. The van der Waals surface area contributed by atoms with Crippen molar-refractivity contribution in [2.75, 3.05) is 19.8 Å². The first-order valence-corrected chi connectivity index (χ1v) is 7.55. The van der Waals surface area contributed by atoms with Crippen LogP contribution in [0.25, 0.3) is 0 Å². The lowest BCUT2D eigenvalue weighted by Gasteiger charge is -2.31. The lowest BCUT2D eigenvalue weighted by atomic mass is 9.80. The van der Waals surface area contributed by atoms with Crippen LogP contribution in [0.2, 0.25) is 0 Å². The van der Waals surface area contributed by atoms with Crippen molar-refractivity contribution >= 4 is 0 Å². The first kappa shape index (κ1) is 15.0. The number of hydrogen-bond acceptors (Lipinski definition) is 2. The van der Waals surface area contributed by atoms with Crippen LogP contribution in [0.4, 0.5) is 0 Å². The summed E-state index contributed by atoms with van der Waals surface area (Å²) in [5.41, 5.74) is 0. The molecule has 0 amide bonds. The first-order chi connectivity index (χ1) is 8.24. The van der Waals surface area contributed by atoms with Gasteiger partial charge in [0, 0.05) is 19.2 Å². The molecule has 0 saturated heterocycles. The first-order valence-electron chi connectivity index (χ1n) is 7.55. The van der Waals surface area contributed by atoms with Crippen LogP contribution in [-0.4, -0.2) is 25.8 Å². The van der Waals surface area contributed by atoms with Crippen molar-refractivity contribution in [2.24, 2.45) is 11.8 Å². The highest BCUT2D eigenvalue weighted by molar-refractivity contribution is 4.78. The zero-order valence-corrected chi connectivity index (χ0v) is 12.0. The topological polar surface area (TPSA) is 21.3 Å². The maximum atomic E-state index is 5.56. The molecule has 1 aliphatic rings. The van der Waals surface area contributed by atoms with E-state index in [1.54, 1.807) is 0 Å². The summed E-state index contributed by atoms with van der Waals surface area (Å²) in [5, 5.41) is 3.63. The molecule has 0 aliphatic heterocycles. The van der Waals surface area contributed by atoms with Gasteiger partial charge in [-0.3, -0.25) is 0 Å². The van der Waals surface area contributed by atoms with Crippen molar-refractivity contribution in [1.82, 2.24) is 5.32 Å². The molecule has 1 aliphatic carbocycles. The van der Waals surface area contributed by atoms with Crippen LogP contribution in [0.3, 0.4) is 0 Å². The van der Waals surface area contributed by atoms with Crippen LogP contribution in [0.1, 0.15) is 59.3 Å². The number of rotatable bonds is 8. The summed E-state index contributed by atoms with van der Waals surface area (Å²) >= 11 is 0. The van der Waals surface area contributed by atoms with Gasteiger partial charge in [0.1, 0.15) is 0 Å². The fraction of sp³-hybridized carbons (Fsp3) is 1.00. The van der Waals surface area contributed by atoms with E-state index >= 15 is 0 Å². The van der Waals surface area contributed by atoms with E-state index < -0.39 is 0 Å². The van der Waals surface area contributed by atoms with Crippen molar-refractivity contribution in [1.29, 1.82) is 0 Å². The molecule has 102 valence electrons. The third kappa shape index (κ3) is 6.42. The van der Waals surface area contributed by atoms with Crippen LogP contribution >= 0.6 is 0 Å². The highest BCUT2D eigenvalue weighted by Gasteiger charge is 2.22. The van der Waals surface area contributed by atoms with E-state index in [1.807, 2.05) is 0 Å². The average molecular weight is 241 g/mol. The van der Waals surface area contributed by atoms with E-state index in [1.165, 1.54) is 38.5 Å². The van der Waals surface area contributed by atoms with E-state index in [0.29, 0.717) is 0 Å². The van der Waals surface area contributed by atoms with Gasteiger partial charge in [0.05, 0.1) is 6.61 Å². The highest BCUT2D eigenvalue weighted by Crippen LogP contribution is 2.29. The molecule has 1 saturated carbocycles. The Morgan fingerprint density at radius 3 is 2.41 bits per heavy atom. The Kier molecular flexibility index (Phi) is 7.87. The van der Waals surface area contributed by atoms with Gasteiger partial charge in [0.2, 0.25) is 0 Å². The molecule has 0 bridgehead atoms. The van der Waals surface area contributed by atoms with Gasteiger partial charge in [0.15, 0.2) is 0 Å². The Morgan fingerprint density at radius 1 is 1.12 bits per heavy atom. The minimum atomic E-state index is 0.750. The van der Waals surface area contributed by atoms with Crippen molar-refractivity contribution in [3.8, 4) is 0 Å². The van der Waals surface area contributed by atoms with Gasteiger partial charge in [-0.05, 0) is 43.9 Å². The predicted molar refractivity (Wildman–Crippen MR) is 74.3 cm³/mol. The largest absolute Gasteiger partial charge is 0.380 e. The van der Waals surface area contributed by atoms with Crippen LogP contribution in [0.5, 0.6) is 0 Å². The third-order valence-electron chi connectivity index (χ3n) is 4.04. The zero-order valence-electron chi connectivity index (χ0n) is 12.0. The van der Waals surface area contributed by atoms with E-state index in [9.17, 15) is 0 Å². The van der Waals surface area contributed by atoms with Gasteiger partial charge in [0.25, 0.3) is 0 Å². The van der Waals surface area contributed by atoms with Gasteiger partial charge in [-0.25, -0.2) is 0 Å². The quantitative estimate of drug-likeness (QED) is 0.656. The van der Waals surface area contributed by atoms with Gasteiger partial charge in [-0.2, -0.15) is 0 Å². The lowest BCUT2D eigenvalue weighted by molar-refractivity contribution is 0.127. The van der Waals surface area contributed by atoms with E-state index in [-0.39, 0.29) is 0 Å². The Labute approximate surface area is 108 Å². The number of unbranched alkanes of at least 4 members (excludes halogenated alkanes) is 1. The molecular formula is C15H31NO. The van der Waals surface area contributed by atoms with Crippen LogP contribution < -0.4 is 5.32 Å². The van der Waals surface area contributed by atoms with Gasteiger partial charge >= 0.3 is 0 Å². The molecule has 0 aromatic rings. The molecule has 2 heteroatoms. The van der Waals surface area contributed by atoms with Crippen LogP contribution in [0.15, 0.2) is 0 Å². The Hall–Kier alpha value is -0.0800. The van der Waals surface area contributed by atoms with Crippen LogP contribution in [0, 0.1) is 11.8 Å². The maximum Gasteiger partial charge on any atom is 0.0590 e. The number of ether oxygens (including phenoxy) is 1. The molecule has 1 N–H and O–H groups in total. The van der Waals surface area contributed by atoms with Crippen molar-refractivity contribution in [3.63, 3.8) is 0 Å². The number of hydrogen-bond donors (Lipinski definition) is 1. The molecule has 0 heterocycles. The third-order valence-corrected chi connectivity index (χ3v) is 4.04. The molecule has 0 spiro atoms. The fourth-order valence-electron chi connectivity index (χ4n) is 2.67. The Morgan fingerprint density at radius 2 is 1.82 bits per heavy atom. The summed E-state index contributed by atoms with van der Waals surface area (Å²) in [6, 6.07) is 0.750. The molecule has 2 nitrogen and oxygen atoms in total.